The molecule has 98 valence electrons. The third-order valence-corrected chi connectivity index (χ3v) is 2.31. The van der Waals surface area contributed by atoms with Crippen molar-refractivity contribution >= 4 is 17.6 Å². The van der Waals surface area contributed by atoms with Crippen LogP contribution in [0.25, 0.3) is 0 Å². The van der Waals surface area contributed by atoms with E-state index in [1.54, 1.807) is 38.1 Å². The van der Waals surface area contributed by atoms with Gasteiger partial charge in [0.05, 0.1) is 19.3 Å². The SMILES string of the molecule is CCOC(=O)c1cccc(NC(C)C(=O)OC)c1. The average molecular weight is 251 g/mol. The maximum Gasteiger partial charge on any atom is 0.338 e. The molecule has 0 heterocycles. The molecule has 1 unspecified atom stereocenters. The van der Waals surface area contributed by atoms with Crippen LogP contribution in [0.3, 0.4) is 0 Å². The molecule has 5 heteroatoms. The first-order valence-corrected chi connectivity index (χ1v) is 5.70. The van der Waals surface area contributed by atoms with E-state index in [-0.39, 0.29) is 11.9 Å². The van der Waals surface area contributed by atoms with Crippen LogP contribution < -0.4 is 5.32 Å². The summed E-state index contributed by atoms with van der Waals surface area (Å²) in [6.45, 7) is 3.76. The molecule has 1 aromatic rings. The Labute approximate surface area is 106 Å². The minimum absolute atomic E-state index is 0.328. The van der Waals surface area contributed by atoms with Crippen molar-refractivity contribution in [2.45, 2.75) is 19.9 Å². The number of rotatable bonds is 5. The van der Waals surface area contributed by atoms with Gasteiger partial charge in [0.15, 0.2) is 0 Å². The molecule has 0 aliphatic rings. The van der Waals surface area contributed by atoms with E-state index in [2.05, 4.69) is 10.1 Å². The molecule has 0 fully saturated rings. The summed E-state index contributed by atoms with van der Waals surface area (Å²) >= 11 is 0. The minimum atomic E-state index is -0.479. The molecule has 0 saturated heterocycles. The van der Waals surface area contributed by atoms with Gasteiger partial charge in [-0.1, -0.05) is 6.07 Å². The van der Waals surface area contributed by atoms with Crippen molar-refractivity contribution in [2.75, 3.05) is 19.0 Å². The van der Waals surface area contributed by atoms with Crippen LogP contribution >= 0.6 is 0 Å². The van der Waals surface area contributed by atoms with Crippen LogP contribution in [0.5, 0.6) is 0 Å². The predicted molar refractivity (Wildman–Crippen MR) is 67.5 cm³/mol. The molecule has 0 aliphatic carbocycles. The Hall–Kier alpha value is -2.04. The Balaban J connectivity index is 2.76. The molecule has 1 aromatic carbocycles. The highest BCUT2D eigenvalue weighted by molar-refractivity contribution is 5.90. The quantitative estimate of drug-likeness (QED) is 0.809. The topological polar surface area (TPSA) is 64.6 Å². The van der Waals surface area contributed by atoms with Crippen LogP contribution in [0.1, 0.15) is 24.2 Å². The molecular formula is C13H17NO4. The Morgan fingerprint density at radius 3 is 2.72 bits per heavy atom. The number of nitrogens with one attached hydrogen (secondary N) is 1. The first kappa shape index (κ1) is 14.0. The van der Waals surface area contributed by atoms with Crippen molar-refractivity contribution in [1.82, 2.24) is 0 Å². The Kier molecular flexibility index (Phi) is 5.17. The van der Waals surface area contributed by atoms with Gasteiger partial charge in [0.25, 0.3) is 0 Å². The molecule has 0 bridgehead atoms. The van der Waals surface area contributed by atoms with E-state index in [0.717, 1.165) is 0 Å². The summed E-state index contributed by atoms with van der Waals surface area (Å²) in [7, 11) is 1.33. The van der Waals surface area contributed by atoms with Gasteiger partial charge in [-0.05, 0) is 32.0 Å². The second-order valence-corrected chi connectivity index (χ2v) is 3.69. The standard InChI is InChI=1S/C13H17NO4/c1-4-18-13(16)10-6-5-7-11(8-10)14-9(2)12(15)17-3/h5-9,14H,4H2,1-3H3. The van der Waals surface area contributed by atoms with Crippen molar-refractivity contribution in [3.05, 3.63) is 29.8 Å². The average Bonchev–Trinajstić information content (AvgIpc) is 2.38. The zero-order chi connectivity index (χ0) is 13.5. The Morgan fingerprint density at radius 2 is 2.11 bits per heavy atom. The minimum Gasteiger partial charge on any atom is -0.467 e. The first-order valence-electron chi connectivity index (χ1n) is 5.70. The molecule has 1 N–H and O–H groups in total. The maximum absolute atomic E-state index is 11.5. The highest BCUT2D eigenvalue weighted by Crippen LogP contribution is 2.13. The summed E-state index contributed by atoms with van der Waals surface area (Å²) in [5.41, 5.74) is 1.11. The molecule has 1 rings (SSSR count). The lowest BCUT2D eigenvalue weighted by molar-refractivity contribution is -0.141. The van der Waals surface area contributed by atoms with Crippen molar-refractivity contribution < 1.29 is 19.1 Å². The van der Waals surface area contributed by atoms with Gasteiger partial charge in [0.2, 0.25) is 0 Å². The lowest BCUT2D eigenvalue weighted by Crippen LogP contribution is -2.27. The van der Waals surface area contributed by atoms with E-state index in [1.807, 2.05) is 0 Å². The molecule has 0 aromatic heterocycles. The normalized spacial score (nSPS) is 11.5. The van der Waals surface area contributed by atoms with Gasteiger partial charge in [-0.3, -0.25) is 0 Å². The number of ether oxygens (including phenoxy) is 2. The van der Waals surface area contributed by atoms with Crippen LogP contribution in [0.4, 0.5) is 5.69 Å². The zero-order valence-electron chi connectivity index (χ0n) is 10.7. The fourth-order valence-corrected chi connectivity index (χ4v) is 1.44. The third kappa shape index (κ3) is 3.76. The van der Waals surface area contributed by atoms with E-state index >= 15 is 0 Å². The monoisotopic (exact) mass is 251 g/mol. The number of carbonyl (C=O) groups excluding carboxylic acids is 2. The molecule has 1 atom stereocenters. The second kappa shape index (κ2) is 6.64. The van der Waals surface area contributed by atoms with E-state index in [1.165, 1.54) is 7.11 Å². The van der Waals surface area contributed by atoms with Crippen LogP contribution in [-0.4, -0.2) is 31.7 Å². The first-order chi connectivity index (χ1) is 8.58. The van der Waals surface area contributed by atoms with Crippen LogP contribution in [0.2, 0.25) is 0 Å². The zero-order valence-corrected chi connectivity index (χ0v) is 10.7. The summed E-state index contributed by atoms with van der Waals surface area (Å²) in [6, 6.07) is 6.30. The summed E-state index contributed by atoms with van der Waals surface area (Å²) in [5.74, 6) is -0.747. The summed E-state index contributed by atoms with van der Waals surface area (Å²) in [4.78, 5) is 22.8. The molecule has 0 saturated carbocycles. The van der Waals surface area contributed by atoms with Crippen LogP contribution in [0, 0.1) is 0 Å². The Bertz CT molecular complexity index is 431. The molecule has 0 radical (unpaired) electrons. The van der Waals surface area contributed by atoms with Gasteiger partial charge >= 0.3 is 11.9 Å². The number of carbonyl (C=O) groups is 2. The molecule has 0 amide bonds. The lowest BCUT2D eigenvalue weighted by atomic mass is 10.2. The van der Waals surface area contributed by atoms with Gasteiger partial charge in [0.1, 0.15) is 6.04 Å². The maximum atomic E-state index is 11.5. The van der Waals surface area contributed by atoms with Gasteiger partial charge in [-0.2, -0.15) is 0 Å². The molecular weight excluding hydrogens is 234 g/mol. The van der Waals surface area contributed by atoms with Crippen molar-refractivity contribution in [3.8, 4) is 0 Å². The number of methoxy groups -OCH3 is 1. The van der Waals surface area contributed by atoms with Gasteiger partial charge in [-0.25, -0.2) is 9.59 Å². The summed E-state index contributed by atoms with van der Waals surface area (Å²) in [5, 5.41) is 2.95. The van der Waals surface area contributed by atoms with Crippen LogP contribution in [0.15, 0.2) is 24.3 Å². The number of hydrogen-bond donors (Lipinski definition) is 1. The molecule has 0 spiro atoms. The van der Waals surface area contributed by atoms with Crippen molar-refractivity contribution in [2.24, 2.45) is 0 Å². The molecule has 5 nitrogen and oxygen atoms in total. The van der Waals surface area contributed by atoms with Gasteiger partial charge in [0, 0.05) is 5.69 Å². The smallest absolute Gasteiger partial charge is 0.338 e. The second-order valence-electron chi connectivity index (χ2n) is 3.69. The van der Waals surface area contributed by atoms with Crippen LogP contribution in [-0.2, 0) is 14.3 Å². The number of hydrogen-bond acceptors (Lipinski definition) is 5. The number of anilines is 1. The molecule has 18 heavy (non-hydrogen) atoms. The number of esters is 2. The lowest BCUT2D eigenvalue weighted by Gasteiger charge is -2.13. The van der Waals surface area contributed by atoms with Gasteiger partial charge < -0.3 is 14.8 Å². The summed E-state index contributed by atoms with van der Waals surface area (Å²) < 4.78 is 9.51. The third-order valence-electron chi connectivity index (χ3n) is 2.31. The van der Waals surface area contributed by atoms with E-state index in [4.69, 9.17) is 4.74 Å². The van der Waals surface area contributed by atoms with E-state index < -0.39 is 6.04 Å². The Morgan fingerprint density at radius 1 is 1.39 bits per heavy atom. The highest BCUT2D eigenvalue weighted by Gasteiger charge is 2.13. The highest BCUT2D eigenvalue weighted by atomic mass is 16.5. The van der Waals surface area contributed by atoms with Crippen molar-refractivity contribution in [1.29, 1.82) is 0 Å². The van der Waals surface area contributed by atoms with E-state index in [9.17, 15) is 9.59 Å². The fraction of sp³-hybridized carbons (Fsp3) is 0.385. The van der Waals surface area contributed by atoms with E-state index in [0.29, 0.717) is 17.9 Å². The predicted octanol–water partition coefficient (Wildman–Crippen LogP) is 1.84. The number of benzene rings is 1. The molecule has 0 aliphatic heterocycles. The largest absolute Gasteiger partial charge is 0.467 e. The van der Waals surface area contributed by atoms with Gasteiger partial charge in [-0.15, -0.1) is 0 Å². The summed E-state index contributed by atoms with van der Waals surface area (Å²) in [6.07, 6.45) is 0. The fourth-order valence-electron chi connectivity index (χ4n) is 1.44. The van der Waals surface area contributed by atoms with Crippen molar-refractivity contribution in [3.63, 3.8) is 0 Å².